The molecule has 0 radical (unpaired) electrons. The number of carboxylic acid groups (broad SMARTS) is 1. The fourth-order valence-corrected chi connectivity index (χ4v) is 2.15. The summed E-state index contributed by atoms with van der Waals surface area (Å²) in [6.07, 6.45) is 0. The number of benzene rings is 2. The highest BCUT2D eigenvalue weighted by atomic mass is 16.4. The third-order valence-electron chi connectivity index (χ3n) is 3.37. The van der Waals surface area contributed by atoms with E-state index in [1.165, 1.54) is 5.56 Å². The van der Waals surface area contributed by atoms with Gasteiger partial charge in [-0.05, 0) is 36.1 Å². The fraction of sp³-hybridized carbons (Fsp3) is 0.235. The maximum atomic E-state index is 11.2. The second-order valence-electron chi connectivity index (χ2n) is 5.05. The summed E-state index contributed by atoms with van der Waals surface area (Å²) in [5.74, 6) is -0.585. The molecule has 0 saturated carbocycles. The third-order valence-corrected chi connectivity index (χ3v) is 3.37. The number of rotatable bonds is 5. The van der Waals surface area contributed by atoms with E-state index in [2.05, 4.69) is 24.4 Å². The molecule has 0 heterocycles. The summed E-state index contributed by atoms with van der Waals surface area (Å²) in [6.45, 7) is 4.78. The molecule has 3 nitrogen and oxygen atoms in total. The average molecular weight is 269 g/mol. The van der Waals surface area contributed by atoms with Gasteiger partial charge in [-0.25, -0.2) is 4.79 Å². The number of hydrogen-bond donors (Lipinski definition) is 2. The summed E-state index contributed by atoms with van der Waals surface area (Å²) in [4.78, 5) is 11.2. The van der Waals surface area contributed by atoms with Gasteiger partial charge in [0.25, 0.3) is 0 Å². The molecule has 2 rings (SSSR count). The molecule has 0 aliphatic rings. The van der Waals surface area contributed by atoms with Gasteiger partial charge in [0.1, 0.15) is 0 Å². The summed E-state index contributed by atoms with van der Waals surface area (Å²) in [6, 6.07) is 15.5. The predicted molar refractivity (Wildman–Crippen MR) is 81.5 cm³/mol. The van der Waals surface area contributed by atoms with E-state index in [4.69, 9.17) is 0 Å². The summed E-state index contributed by atoms with van der Waals surface area (Å²) >= 11 is 0. The van der Waals surface area contributed by atoms with Crippen molar-refractivity contribution < 1.29 is 9.90 Å². The molecule has 0 fully saturated rings. The maximum absolute atomic E-state index is 11.2. The molecular formula is C17H19NO2. The number of hydrogen-bond acceptors (Lipinski definition) is 2. The zero-order chi connectivity index (χ0) is 14.5. The van der Waals surface area contributed by atoms with Crippen LogP contribution in [0.3, 0.4) is 0 Å². The van der Waals surface area contributed by atoms with Crippen LogP contribution < -0.4 is 5.32 Å². The first-order chi connectivity index (χ1) is 9.58. The van der Waals surface area contributed by atoms with E-state index in [1.54, 1.807) is 6.07 Å². The standard InChI is InChI=1S/C17H19NO2/c1-12-8-9-15(17(19)20)16(10-12)18-11-13(2)14-6-4-3-5-7-14/h3-10,13,18H,11H2,1-2H3,(H,19,20). The minimum Gasteiger partial charge on any atom is -0.478 e. The first-order valence-electron chi connectivity index (χ1n) is 6.70. The lowest BCUT2D eigenvalue weighted by Crippen LogP contribution is -2.12. The molecule has 0 aliphatic carbocycles. The molecule has 1 unspecified atom stereocenters. The Bertz CT molecular complexity index is 593. The second-order valence-corrected chi connectivity index (χ2v) is 5.05. The number of anilines is 1. The van der Waals surface area contributed by atoms with Gasteiger partial charge in [0, 0.05) is 12.2 Å². The van der Waals surface area contributed by atoms with Crippen molar-refractivity contribution in [2.75, 3.05) is 11.9 Å². The Kier molecular flexibility index (Phi) is 4.41. The van der Waals surface area contributed by atoms with Crippen molar-refractivity contribution in [3.8, 4) is 0 Å². The fourth-order valence-electron chi connectivity index (χ4n) is 2.15. The van der Waals surface area contributed by atoms with Gasteiger partial charge >= 0.3 is 5.97 Å². The van der Waals surface area contributed by atoms with Crippen molar-refractivity contribution in [3.63, 3.8) is 0 Å². The van der Waals surface area contributed by atoms with Crippen LogP contribution in [0.1, 0.15) is 34.3 Å². The first kappa shape index (κ1) is 14.1. The van der Waals surface area contributed by atoms with Crippen molar-refractivity contribution in [2.24, 2.45) is 0 Å². The van der Waals surface area contributed by atoms with E-state index in [9.17, 15) is 9.90 Å². The van der Waals surface area contributed by atoms with Gasteiger partial charge in [-0.15, -0.1) is 0 Å². The molecule has 3 heteroatoms. The Morgan fingerprint density at radius 3 is 2.55 bits per heavy atom. The van der Waals surface area contributed by atoms with Crippen molar-refractivity contribution >= 4 is 11.7 Å². The van der Waals surface area contributed by atoms with Gasteiger partial charge < -0.3 is 10.4 Å². The van der Waals surface area contributed by atoms with Crippen LogP contribution in [0, 0.1) is 6.92 Å². The SMILES string of the molecule is Cc1ccc(C(=O)O)c(NCC(C)c2ccccc2)c1. The highest BCUT2D eigenvalue weighted by molar-refractivity contribution is 5.94. The van der Waals surface area contributed by atoms with Crippen LogP contribution in [-0.4, -0.2) is 17.6 Å². The number of carboxylic acids is 1. The molecule has 2 N–H and O–H groups in total. The highest BCUT2D eigenvalue weighted by Gasteiger charge is 2.11. The molecule has 2 aromatic carbocycles. The topological polar surface area (TPSA) is 49.3 Å². The van der Waals surface area contributed by atoms with Gasteiger partial charge in [0.05, 0.1) is 5.56 Å². The molecule has 1 atom stereocenters. The lowest BCUT2D eigenvalue weighted by molar-refractivity contribution is 0.0698. The minimum absolute atomic E-state index is 0.316. The summed E-state index contributed by atoms with van der Waals surface area (Å²) < 4.78 is 0. The van der Waals surface area contributed by atoms with E-state index in [0.29, 0.717) is 23.7 Å². The van der Waals surface area contributed by atoms with Gasteiger partial charge in [-0.1, -0.05) is 43.3 Å². The van der Waals surface area contributed by atoms with Crippen LogP contribution in [-0.2, 0) is 0 Å². The Morgan fingerprint density at radius 1 is 1.20 bits per heavy atom. The minimum atomic E-state index is -0.903. The molecule has 20 heavy (non-hydrogen) atoms. The largest absolute Gasteiger partial charge is 0.478 e. The van der Waals surface area contributed by atoms with Crippen LogP contribution in [0.25, 0.3) is 0 Å². The monoisotopic (exact) mass is 269 g/mol. The van der Waals surface area contributed by atoms with E-state index in [1.807, 2.05) is 37.3 Å². The normalized spacial score (nSPS) is 11.9. The molecule has 104 valence electrons. The average Bonchev–Trinajstić information content (AvgIpc) is 2.45. The molecule has 0 bridgehead atoms. The van der Waals surface area contributed by atoms with Crippen LogP contribution >= 0.6 is 0 Å². The summed E-state index contributed by atoms with van der Waals surface area (Å²) in [5, 5.41) is 12.5. The van der Waals surface area contributed by atoms with Crippen molar-refractivity contribution in [3.05, 3.63) is 65.2 Å². The number of nitrogens with one attached hydrogen (secondary N) is 1. The van der Waals surface area contributed by atoms with E-state index in [0.717, 1.165) is 5.56 Å². The van der Waals surface area contributed by atoms with E-state index < -0.39 is 5.97 Å². The molecule has 0 aliphatic heterocycles. The van der Waals surface area contributed by atoms with Gasteiger partial charge in [-0.3, -0.25) is 0 Å². The Hall–Kier alpha value is -2.29. The van der Waals surface area contributed by atoms with Gasteiger partial charge in [0.2, 0.25) is 0 Å². The van der Waals surface area contributed by atoms with Crippen molar-refractivity contribution in [1.82, 2.24) is 0 Å². The molecule has 0 saturated heterocycles. The van der Waals surface area contributed by atoms with Crippen molar-refractivity contribution in [2.45, 2.75) is 19.8 Å². The predicted octanol–water partition coefficient (Wildman–Crippen LogP) is 3.91. The highest BCUT2D eigenvalue weighted by Crippen LogP contribution is 2.20. The van der Waals surface area contributed by atoms with Crippen LogP contribution in [0.15, 0.2) is 48.5 Å². The van der Waals surface area contributed by atoms with Crippen LogP contribution in [0.5, 0.6) is 0 Å². The smallest absolute Gasteiger partial charge is 0.337 e. The van der Waals surface area contributed by atoms with Crippen molar-refractivity contribution in [1.29, 1.82) is 0 Å². The molecular weight excluding hydrogens is 250 g/mol. The Labute approximate surface area is 119 Å². The lowest BCUT2D eigenvalue weighted by atomic mass is 10.0. The van der Waals surface area contributed by atoms with Gasteiger partial charge in [-0.2, -0.15) is 0 Å². The zero-order valence-corrected chi connectivity index (χ0v) is 11.8. The second kappa shape index (κ2) is 6.24. The van der Waals surface area contributed by atoms with Gasteiger partial charge in [0.15, 0.2) is 0 Å². The number of aromatic carboxylic acids is 1. The van der Waals surface area contributed by atoms with E-state index >= 15 is 0 Å². The number of carbonyl (C=O) groups is 1. The van der Waals surface area contributed by atoms with Crippen LogP contribution in [0.2, 0.25) is 0 Å². The molecule has 0 amide bonds. The molecule has 2 aromatic rings. The Morgan fingerprint density at radius 2 is 1.90 bits per heavy atom. The Balaban J connectivity index is 2.11. The summed E-state index contributed by atoms with van der Waals surface area (Å²) in [5.41, 5.74) is 3.28. The summed E-state index contributed by atoms with van der Waals surface area (Å²) in [7, 11) is 0. The lowest BCUT2D eigenvalue weighted by Gasteiger charge is -2.16. The zero-order valence-electron chi connectivity index (χ0n) is 11.8. The number of aryl methyl sites for hydroxylation is 1. The molecule has 0 spiro atoms. The quantitative estimate of drug-likeness (QED) is 0.865. The van der Waals surface area contributed by atoms with Crippen LogP contribution in [0.4, 0.5) is 5.69 Å². The molecule has 0 aromatic heterocycles. The first-order valence-corrected chi connectivity index (χ1v) is 6.70. The maximum Gasteiger partial charge on any atom is 0.337 e. The van der Waals surface area contributed by atoms with E-state index in [-0.39, 0.29) is 0 Å². The third kappa shape index (κ3) is 3.38.